The zero-order chi connectivity index (χ0) is 16.9. The summed E-state index contributed by atoms with van der Waals surface area (Å²) < 4.78 is 13.7. The van der Waals surface area contributed by atoms with Gasteiger partial charge in [-0.05, 0) is 49.6 Å². The van der Waals surface area contributed by atoms with Crippen molar-refractivity contribution in [2.45, 2.75) is 26.3 Å². The van der Waals surface area contributed by atoms with Crippen LogP contribution in [0.1, 0.15) is 24.0 Å². The van der Waals surface area contributed by atoms with Crippen molar-refractivity contribution in [2.24, 2.45) is 5.92 Å². The fourth-order valence-electron chi connectivity index (χ4n) is 3.24. The van der Waals surface area contributed by atoms with E-state index in [4.69, 9.17) is 0 Å². The zero-order valence-electron chi connectivity index (χ0n) is 14.0. The highest BCUT2D eigenvalue weighted by atomic mass is 19.1. The van der Waals surface area contributed by atoms with Gasteiger partial charge in [-0.15, -0.1) is 0 Å². The van der Waals surface area contributed by atoms with Crippen LogP contribution in [-0.4, -0.2) is 23.9 Å². The molecule has 1 saturated heterocycles. The number of carbonyl (C=O) groups excluding carboxylic acids is 1. The number of amides is 1. The van der Waals surface area contributed by atoms with E-state index in [1.165, 1.54) is 17.2 Å². The lowest BCUT2D eigenvalue weighted by Gasteiger charge is -2.32. The molecule has 2 aromatic carbocycles. The average molecular weight is 326 g/mol. The summed E-state index contributed by atoms with van der Waals surface area (Å²) >= 11 is 0. The fraction of sp³-hybridized carbons (Fsp3) is 0.350. The molecule has 1 aliphatic rings. The lowest BCUT2D eigenvalue weighted by atomic mass is 9.96. The second-order valence-electron chi connectivity index (χ2n) is 6.47. The number of aryl methyl sites for hydroxylation is 1. The van der Waals surface area contributed by atoms with Gasteiger partial charge in [0.25, 0.3) is 0 Å². The second kappa shape index (κ2) is 7.58. The van der Waals surface area contributed by atoms with Crippen LogP contribution in [0.15, 0.2) is 48.5 Å². The van der Waals surface area contributed by atoms with E-state index in [0.29, 0.717) is 6.54 Å². The fourth-order valence-corrected chi connectivity index (χ4v) is 3.24. The number of anilines is 1. The molecule has 1 unspecified atom stereocenters. The molecule has 24 heavy (non-hydrogen) atoms. The smallest absolute Gasteiger partial charge is 0.228 e. The third-order valence-electron chi connectivity index (χ3n) is 4.66. The molecular weight excluding hydrogens is 303 g/mol. The Balaban J connectivity index is 1.62. The van der Waals surface area contributed by atoms with E-state index in [1.54, 1.807) is 18.2 Å². The Hall–Kier alpha value is -2.20. The largest absolute Gasteiger partial charge is 0.323 e. The molecular formula is C20H23FN2O. The van der Waals surface area contributed by atoms with Crippen LogP contribution in [0, 0.1) is 18.7 Å². The first kappa shape index (κ1) is 16.7. The lowest BCUT2D eigenvalue weighted by Crippen LogP contribution is -2.40. The van der Waals surface area contributed by atoms with Gasteiger partial charge in [0.15, 0.2) is 0 Å². The number of nitrogens with one attached hydrogen (secondary N) is 1. The summed E-state index contributed by atoms with van der Waals surface area (Å²) in [7, 11) is 0. The highest BCUT2D eigenvalue weighted by molar-refractivity contribution is 5.92. The average Bonchev–Trinajstić information content (AvgIpc) is 2.59. The number of para-hydroxylation sites is 1. The van der Waals surface area contributed by atoms with Gasteiger partial charge in [0.05, 0.1) is 11.6 Å². The predicted octanol–water partition coefficient (Wildman–Crippen LogP) is 3.98. The van der Waals surface area contributed by atoms with Gasteiger partial charge in [-0.1, -0.05) is 36.4 Å². The van der Waals surface area contributed by atoms with Crippen molar-refractivity contribution < 1.29 is 9.18 Å². The van der Waals surface area contributed by atoms with E-state index in [1.807, 2.05) is 6.07 Å². The number of hydrogen-bond donors (Lipinski definition) is 1. The third-order valence-corrected chi connectivity index (χ3v) is 4.66. The Bertz CT molecular complexity index is 716. The quantitative estimate of drug-likeness (QED) is 0.921. The molecule has 0 aliphatic carbocycles. The Kier molecular flexibility index (Phi) is 5.26. The Morgan fingerprint density at radius 3 is 2.75 bits per heavy atom. The van der Waals surface area contributed by atoms with Crippen molar-refractivity contribution in [1.29, 1.82) is 0 Å². The molecule has 3 nitrogen and oxygen atoms in total. The number of piperidine rings is 1. The van der Waals surface area contributed by atoms with Crippen molar-refractivity contribution in [3.05, 3.63) is 65.5 Å². The van der Waals surface area contributed by atoms with Crippen LogP contribution >= 0.6 is 0 Å². The molecule has 0 spiro atoms. The summed E-state index contributed by atoms with van der Waals surface area (Å²) in [4.78, 5) is 14.8. The van der Waals surface area contributed by atoms with Crippen molar-refractivity contribution in [3.8, 4) is 0 Å². The van der Waals surface area contributed by atoms with Crippen molar-refractivity contribution in [2.75, 3.05) is 18.4 Å². The minimum absolute atomic E-state index is 0.0883. The summed E-state index contributed by atoms with van der Waals surface area (Å²) in [5.74, 6) is -0.574. The molecule has 1 N–H and O–H groups in total. The molecule has 4 heteroatoms. The van der Waals surface area contributed by atoms with Crippen LogP contribution in [0.5, 0.6) is 0 Å². The minimum atomic E-state index is -0.390. The Morgan fingerprint density at radius 1 is 1.21 bits per heavy atom. The normalized spacial score (nSPS) is 18.3. The van der Waals surface area contributed by atoms with E-state index >= 15 is 0 Å². The monoisotopic (exact) mass is 326 g/mol. The summed E-state index contributed by atoms with van der Waals surface area (Å²) in [5, 5.41) is 2.74. The summed E-state index contributed by atoms with van der Waals surface area (Å²) in [5.41, 5.74) is 2.83. The molecule has 1 fully saturated rings. The highest BCUT2D eigenvalue weighted by Gasteiger charge is 2.26. The SMILES string of the molecule is Cc1ccccc1CN1CCCC(C(=O)Nc2ccccc2F)C1. The molecule has 1 aliphatic heterocycles. The molecule has 0 bridgehead atoms. The first-order valence-corrected chi connectivity index (χ1v) is 8.46. The standard InChI is InChI=1S/C20H23FN2O/c1-15-7-2-3-8-16(15)13-23-12-6-9-17(14-23)20(24)22-19-11-5-4-10-18(19)21/h2-5,7-8,10-11,17H,6,9,12-14H2,1H3,(H,22,24). The number of halogens is 1. The molecule has 0 radical (unpaired) electrons. The van der Waals surface area contributed by atoms with E-state index in [9.17, 15) is 9.18 Å². The molecule has 0 saturated carbocycles. The molecule has 2 aromatic rings. The Labute approximate surface area is 142 Å². The van der Waals surface area contributed by atoms with Crippen LogP contribution in [0.25, 0.3) is 0 Å². The maximum atomic E-state index is 13.7. The lowest BCUT2D eigenvalue weighted by molar-refractivity contribution is -0.121. The number of hydrogen-bond acceptors (Lipinski definition) is 2. The van der Waals surface area contributed by atoms with Gasteiger partial charge in [0.1, 0.15) is 5.82 Å². The zero-order valence-corrected chi connectivity index (χ0v) is 14.0. The second-order valence-corrected chi connectivity index (χ2v) is 6.47. The topological polar surface area (TPSA) is 32.3 Å². The van der Waals surface area contributed by atoms with E-state index in [0.717, 1.165) is 25.9 Å². The number of benzene rings is 2. The van der Waals surface area contributed by atoms with Crippen LogP contribution in [0.3, 0.4) is 0 Å². The maximum absolute atomic E-state index is 13.7. The maximum Gasteiger partial charge on any atom is 0.228 e. The van der Waals surface area contributed by atoms with Crippen LogP contribution in [-0.2, 0) is 11.3 Å². The van der Waals surface area contributed by atoms with Crippen LogP contribution in [0.4, 0.5) is 10.1 Å². The number of likely N-dealkylation sites (tertiary alicyclic amines) is 1. The van der Waals surface area contributed by atoms with Gasteiger partial charge in [0, 0.05) is 13.1 Å². The number of nitrogens with zero attached hydrogens (tertiary/aromatic N) is 1. The van der Waals surface area contributed by atoms with Gasteiger partial charge in [-0.2, -0.15) is 0 Å². The van der Waals surface area contributed by atoms with E-state index in [-0.39, 0.29) is 17.5 Å². The number of rotatable bonds is 4. The third kappa shape index (κ3) is 4.01. The summed E-state index contributed by atoms with van der Waals surface area (Å²) in [6, 6.07) is 14.6. The van der Waals surface area contributed by atoms with Gasteiger partial charge in [0.2, 0.25) is 5.91 Å². The van der Waals surface area contributed by atoms with Gasteiger partial charge in [-0.3, -0.25) is 9.69 Å². The van der Waals surface area contributed by atoms with Crippen molar-refractivity contribution >= 4 is 11.6 Å². The summed E-state index contributed by atoms with van der Waals surface area (Å²) in [6.45, 7) is 4.68. The Morgan fingerprint density at radius 2 is 1.96 bits per heavy atom. The van der Waals surface area contributed by atoms with E-state index < -0.39 is 5.82 Å². The van der Waals surface area contributed by atoms with Crippen molar-refractivity contribution in [1.82, 2.24) is 4.90 Å². The first-order chi connectivity index (χ1) is 11.6. The molecule has 3 rings (SSSR count). The van der Waals surface area contributed by atoms with Crippen LogP contribution < -0.4 is 5.32 Å². The molecule has 126 valence electrons. The molecule has 1 heterocycles. The molecule has 0 aromatic heterocycles. The van der Waals surface area contributed by atoms with Gasteiger partial charge >= 0.3 is 0 Å². The molecule has 1 atom stereocenters. The van der Waals surface area contributed by atoms with Crippen LogP contribution in [0.2, 0.25) is 0 Å². The first-order valence-electron chi connectivity index (χ1n) is 8.46. The number of carbonyl (C=O) groups is 1. The van der Waals surface area contributed by atoms with Gasteiger partial charge in [-0.25, -0.2) is 4.39 Å². The minimum Gasteiger partial charge on any atom is -0.323 e. The molecule has 1 amide bonds. The summed E-state index contributed by atoms with van der Waals surface area (Å²) in [6.07, 6.45) is 1.84. The van der Waals surface area contributed by atoms with Gasteiger partial charge < -0.3 is 5.32 Å². The highest BCUT2D eigenvalue weighted by Crippen LogP contribution is 2.22. The predicted molar refractivity (Wildman–Crippen MR) is 94.2 cm³/mol. The van der Waals surface area contributed by atoms with E-state index in [2.05, 4.69) is 35.3 Å². The van der Waals surface area contributed by atoms with Crippen molar-refractivity contribution in [3.63, 3.8) is 0 Å².